The van der Waals surface area contributed by atoms with Crippen molar-refractivity contribution < 1.29 is 9.53 Å². The van der Waals surface area contributed by atoms with Gasteiger partial charge >= 0.3 is 0 Å². The van der Waals surface area contributed by atoms with E-state index in [0.29, 0.717) is 11.7 Å². The number of rotatable bonds is 4. The Morgan fingerprint density at radius 3 is 2.95 bits per heavy atom. The number of amides is 1. The molecule has 22 heavy (non-hydrogen) atoms. The molecule has 0 radical (unpaired) electrons. The number of nitrogens with zero attached hydrogens (tertiary/aromatic N) is 2. The van der Waals surface area contributed by atoms with E-state index in [9.17, 15) is 4.79 Å². The number of benzene rings is 1. The maximum atomic E-state index is 11.3. The molecule has 0 fully saturated rings. The third-order valence-corrected chi connectivity index (χ3v) is 4.40. The van der Waals surface area contributed by atoms with E-state index >= 15 is 0 Å². The normalized spacial score (nSPS) is 10.6. The van der Waals surface area contributed by atoms with E-state index < -0.39 is 5.91 Å². The summed E-state index contributed by atoms with van der Waals surface area (Å²) in [4.78, 5) is 21.2. The van der Waals surface area contributed by atoms with Gasteiger partial charge in [0.2, 0.25) is 5.88 Å². The fraction of sp³-hybridized carbons (Fsp3) is 0.0714. The molecule has 3 aromatic rings. The number of hydrazine groups is 1. The second-order valence-electron chi connectivity index (χ2n) is 4.35. The van der Waals surface area contributed by atoms with Gasteiger partial charge in [-0.3, -0.25) is 10.2 Å². The highest BCUT2D eigenvalue weighted by molar-refractivity contribution is 14.1. The minimum absolute atomic E-state index is 0.196. The third kappa shape index (κ3) is 3.18. The van der Waals surface area contributed by atoms with E-state index in [2.05, 4.69) is 32.6 Å². The molecular weight excluding hydrogens is 415 g/mol. The minimum Gasteiger partial charge on any atom is -0.467 e. The van der Waals surface area contributed by atoms with E-state index in [1.165, 1.54) is 0 Å². The second kappa shape index (κ2) is 6.55. The maximum Gasteiger partial charge on any atom is 0.271 e. The molecule has 0 saturated heterocycles. The van der Waals surface area contributed by atoms with Crippen molar-refractivity contribution in [1.82, 2.24) is 15.4 Å². The molecule has 8 heteroatoms. The Balaban J connectivity index is 2.09. The van der Waals surface area contributed by atoms with Crippen LogP contribution in [-0.2, 0) is 4.79 Å². The molecule has 0 unspecified atom stereocenters. The molecule has 0 aliphatic carbocycles. The summed E-state index contributed by atoms with van der Waals surface area (Å²) >= 11 is 3.75. The average Bonchev–Trinajstić information content (AvgIpc) is 3.06. The van der Waals surface area contributed by atoms with Gasteiger partial charge in [-0.2, -0.15) is 4.98 Å². The van der Waals surface area contributed by atoms with E-state index in [1.54, 1.807) is 11.3 Å². The number of carbonyl (C=O) groups excluding carboxylic acids is 1. The minimum atomic E-state index is -0.421. The number of carbonyl (C=O) groups is 1. The molecule has 0 spiro atoms. The molecule has 112 valence electrons. The van der Waals surface area contributed by atoms with Gasteiger partial charge in [0.05, 0.1) is 15.8 Å². The van der Waals surface area contributed by atoms with Gasteiger partial charge in [0.25, 0.3) is 5.91 Å². The molecule has 3 N–H and O–H groups in total. The van der Waals surface area contributed by atoms with Crippen LogP contribution in [0.5, 0.6) is 5.88 Å². The molecule has 2 heterocycles. The number of hydrogen-bond donors (Lipinski definition) is 2. The van der Waals surface area contributed by atoms with Crippen LogP contribution in [0.4, 0.5) is 0 Å². The fourth-order valence-electron chi connectivity index (χ4n) is 1.87. The number of fused-ring (bicyclic) bond motifs is 1. The van der Waals surface area contributed by atoms with Gasteiger partial charge in [0.15, 0.2) is 12.4 Å². The topological polar surface area (TPSA) is 90.1 Å². The summed E-state index contributed by atoms with van der Waals surface area (Å²) in [7, 11) is 0. The number of nitrogens with one attached hydrogen (secondary N) is 1. The lowest BCUT2D eigenvalue weighted by molar-refractivity contribution is -0.123. The summed E-state index contributed by atoms with van der Waals surface area (Å²) in [5.41, 5.74) is 2.80. The Hall–Kier alpha value is -1.78. The van der Waals surface area contributed by atoms with Crippen molar-refractivity contribution >= 4 is 50.7 Å². The van der Waals surface area contributed by atoms with E-state index in [1.807, 2.05) is 41.1 Å². The van der Waals surface area contributed by atoms with Crippen molar-refractivity contribution in [2.24, 2.45) is 5.84 Å². The van der Waals surface area contributed by atoms with Crippen LogP contribution >= 0.6 is 33.9 Å². The summed E-state index contributed by atoms with van der Waals surface area (Å²) < 4.78 is 6.56. The standard InChI is InChI=1S/C14H11IN4O2S/c15-8-3-4-10-9(6-8)14(21-7-12(20)19-16)18-13(17-10)11-2-1-5-22-11/h1-6H,7,16H2,(H,19,20). The number of hydrogen-bond acceptors (Lipinski definition) is 6. The Morgan fingerprint density at radius 1 is 1.36 bits per heavy atom. The first-order valence-electron chi connectivity index (χ1n) is 6.31. The van der Waals surface area contributed by atoms with Crippen LogP contribution < -0.4 is 16.0 Å². The largest absolute Gasteiger partial charge is 0.467 e. The SMILES string of the molecule is NNC(=O)COc1nc(-c2cccs2)nc2ccc(I)cc12. The lowest BCUT2D eigenvalue weighted by atomic mass is 10.2. The van der Waals surface area contributed by atoms with Crippen molar-refractivity contribution in [1.29, 1.82) is 0 Å². The summed E-state index contributed by atoms with van der Waals surface area (Å²) in [6, 6.07) is 9.67. The number of nitrogens with two attached hydrogens (primary N) is 1. The van der Waals surface area contributed by atoms with Gasteiger partial charge < -0.3 is 4.74 Å². The number of aromatic nitrogens is 2. The Morgan fingerprint density at radius 2 is 2.23 bits per heavy atom. The maximum absolute atomic E-state index is 11.3. The summed E-state index contributed by atoms with van der Waals surface area (Å²) in [6.07, 6.45) is 0. The van der Waals surface area contributed by atoms with Gasteiger partial charge in [0, 0.05) is 3.57 Å². The molecule has 3 rings (SSSR count). The Bertz CT molecular complexity index is 823. The van der Waals surface area contributed by atoms with Crippen LogP contribution in [0.25, 0.3) is 21.6 Å². The van der Waals surface area contributed by atoms with Gasteiger partial charge in [-0.15, -0.1) is 11.3 Å². The first kappa shape index (κ1) is 15.1. The molecule has 0 atom stereocenters. The molecule has 2 aromatic heterocycles. The lowest BCUT2D eigenvalue weighted by Crippen LogP contribution is -2.34. The van der Waals surface area contributed by atoms with Crippen LogP contribution in [0.15, 0.2) is 35.7 Å². The molecule has 0 aliphatic heterocycles. The molecule has 0 aliphatic rings. The zero-order chi connectivity index (χ0) is 15.5. The smallest absolute Gasteiger partial charge is 0.271 e. The first-order valence-corrected chi connectivity index (χ1v) is 8.26. The van der Waals surface area contributed by atoms with Crippen LogP contribution in [0.3, 0.4) is 0 Å². The van der Waals surface area contributed by atoms with Crippen molar-refractivity contribution in [2.75, 3.05) is 6.61 Å². The monoisotopic (exact) mass is 426 g/mol. The number of ether oxygens (including phenoxy) is 1. The highest BCUT2D eigenvalue weighted by Gasteiger charge is 2.13. The van der Waals surface area contributed by atoms with Crippen molar-refractivity contribution in [3.8, 4) is 16.6 Å². The first-order chi connectivity index (χ1) is 10.7. The van der Waals surface area contributed by atoms with Crippen molar-refractivity contribution in [3.05, 3.63) is 39.3 Å². The Labute approximate surface area is 143 Å². The van der Waals surface area contributed by atoms with Crippen molar-refractivity contribution in [3.63, 3.8) is 0 Å². The predicted molar refractivity (Wildman–Crippen MR) is 93.4 cm³/mol. The Kier molecular flexibility index (Phi) is 4.50. The highest BCUT2D eigenvalue weighted by Crippen LogP contribution is 2.29. The summed E-state index contributed by atoms with van der Waals surface area (Å²) in [5, 5.41) is 2.72. The zero-order valence-electron chi connectivity index (χ0n) is 11.2. The quantitative estimate of drug-likeness (QED) is 0.289. The van der Waals surface area contributed by atoms with Crippen LogP contribution in [-0.4, -0.2) is 22.5 Å². The van der Waals surface area contributed by atoms with Gasteiger partial charge in [-0.1, -0.05) is 6.07 Å². The highest BCUT2D eigenvalue weighted by atomic mass is 127. The summed E-state index contributed by atoms with van der Waals surface area (Å²) in [6.45, 7) is -0.196. The lowest BCUT2D eigenvalue weighted by Gasteiger charge is -2.09. The van der Waals surface area contributed by atoms with Gasteiger partial charge in [-0.25, -0.2) is 10.8 Å². The van der Waals surface area contributed by atoms with Gasteiger partial charge in [0.1, 0.15) is 0 Å². The molecule has 1 aromatic carbocycles. The van der Waals surface area contributed by atoms with Crippen LogP contribution in [0.1, 0.15) is 0 Å². The number of thiophene rings is 1. The van der Waals surface area contributed by atoms with Crippen LogP contribution in [0.2, 0.25) is 0 Å². The predicted octanol–water partition coefficient (Wildman–Crippen LogP) is 2.33. The summed E-state index contributed by atoms with van der Waals surface area (Å²) in [5.74, 6) is 5.59. The molecule has 0 saturated carbocycles. The van der Waals surface area contributed by atoms with E-state index in [4.69, 9.17) is 10.6 Å². The van der Waals surface area contributed by atoms with E-state index in [0.717, 1.165) is 19.4 Å². The third-order valence-electron chi connectivity index (χ3n) is 2.87. The average molecular weight is 426 g/mol. The van der Waals surface area contributed by atoms with E-state index in [-0.39, 0.29) is 6.61 Å². The molecular formula is C14H11IN4O2S. The molecule has 6 nitrogen and oxygen atoms in total. The molecule has 0 bridgehead atoms. The number of halogens is 1. The molecule has 1 amide bonds. The van der Waals surface area contributed by atoms with Crippen LogP contribution in [0, 0.1) is 3.57 Å². The second-order valence-corrected chi connectivity index (χ2v) is 6.54. The zero-order valence-corrected chi connectivity index (χ0v) is 14.2. The fourth-order valence-corrected chi connectivity index (χ4v) is 3.02. The van der Waals surface area contributed by atoms with Gasteiger partial charge in [-0.05, 0) is 52.2 Å². The van der Waals surface area contributed by atoms with Crippen molar-refractivity contribution in [2.45, 2.75) is 0 Å².